The van der Waals surface area contributed by atoms with E-state index in [0.29, 0.717) is 44.8 Å². The molecule has 8 heteroatoms. The minimum absolute atomic E-state index is 0.00303. The van der Waals surface area contributed by atoms with E-state index in [1.165, 1.54) is 0 Å². The van der Waals surface area contributed by atoms with E-state index in [1.807, 2.05) is 0 Å². The van der Waals surface area contributed by atoms with Crippen LogP contribution in [-0.2, 0) is 16.1 Å². The summed E-state index contributed by atoms with van der Waals surface area (Å²) in [5, 5.41) is 7.07. The van der Waals surface area contributed by atoms with Crippen LogP contribution >= 0.6 is 0 Å². The molecule has 0 saturated carbocycles. The summed E-state index contributed by atoms with van der Waals surface area (Å²) in [4.78, 5) is 27.5. The number of anilines is 1. The van der Waals surface area contributed by atoms with E-state index in [4.69, 9.17) is 4.74 Å². The monoisotopic (exact) mass is 323 g/mol. The molecule has 0 spiro atoms. The summed E-state index contributed by atoms with van der Waals surface area (Å²) in [6.07, 6.45) is 4.80. The Bertz CT molecular complexity index is 535. The lowest BCUT2D eigenvalue weighted by atomic mass is 9.96. The number of aromatic nitrogens is 2. The van der Waals surface area contributed by atoms with Gasteiger partial charge >= 0.3 is 6.03 Å². The number of carbonyl (C=O) groups is 2. The summed E-state index contributed by atoms with van der Waals surface area (Å²) < 4.78 is 6.73. The molecule has 1 aromatic rings. The Hall–Kier alpha value is -2.09. The van der Waals surface area contributed by atoms with Gasteiger partial charge in [-0.05, 0) is 12.8 Å². The molecule has 0 bridgehead atoms. The van der Waals surface area contributed by atoms with E-state index in [-0.39, 0.29) is 17.9 Å². The maximum Gasteiger partial charge on any atom is 0.319 e. The predicted molar refractivity (Wildman–Crippen MR) is 86.1 cm³/mol. The fraction of sp³-hybridized carbons (Fsp3) is 0.667. The molecule has 128 valence electrons. The van der Waals surface area contributed by atoms with Crippen LogP contribution in [0, 0.1) is 5.92 Å². The zero-order valence-electron chi connectivity index (χ0n) is 14.0. The van der Waals surface area contributed by atoms with Crippen molar-refractivity contribution >= 4 is 17.6 Å². The van der Waals surface area contributed by atoms with Gasteiger partial charge in [0, 0.05) is 46.4 Å². The lowest BCUT2D eigenvalue weighted by Crippen LogP contribution is -2.45. The van der Waals surface area contributed by atoms with Gasteiger partial charge in [-0.3, -0.25) is 9.48 Å². The smallest absolute Gasteiger partial charge is 0.319 e. The Balaban J connectivity index is 1.81. The highest BCUT2D eigenvalue weighted by Crippen LogP contribution is 2.20. The van der Waals surface area contributed by atoms with Crippen LogP contribution in [0.5, 0.6) is 0 Å². The lowest BCUT2D eigenvalue weighted by molar-refractivity contribution is -0.121. The SMILES string of the molecule is COCCn1cc(NC(=O)C2CCN(C(=O)N(C)C)CC2)cn1. The number of ether oxygens (including phenoxy) is 1. The largest absolute Gasteiger partial charge is 0.383 e. The Labute approximate surface area is 136 Å². The number of nitrogens with zero attached hydrogens (tertiary/aromatic N) is 4. The third-order valence-corrected chi connectivity index (χ3v) is 3.94. The van der Waals surface area contributed by atoms with Crippen molar-refractivity contribution in [3.63, 3.8) is 0 Å². The number of amides is 3. The first-order chi connectivity index (χ1) is 11.0. The van der Waals surface area contributed by atoms with E-state index in [0.717, 1.165) is 0 Å². The molecule has 2 rings (SSSR count). The molecule has 1 saturated heterocycles. The number of likely N-dealkylation sites (tertiary alicyclic amines) is 1. The summed E-state index contributed by atoms with van der Waals surface area (Å²) in [5.74, 6) is -0.0724. The number of carbonyl (C=O) groups excluding carboxylic acids is 2. The van der Waals surface area contributed by atoms with Crippen LogP contribution < -0.4 is 5.32 Å². The average molecular weight is 323 g/mol. The highest BCUT2D eigenvalue weighted by molar-refractivity contribution is 5.92. The number of methoxy groups -OCH3 is 1. The summed E-state index contributed by atoms with van der Waals surface area (Å²) in [7, 11) is 5.12. The summed E-state index contributed by atoms with van der Waals surface area (Å²) >= 11 is 0. The molecule has 23 heavy (non-hydrogen) atoms. The van der Waals surface area contributed by atoms with E-state index in [1.54, 1.807) is 48.1 Å². The van der Waals surface area contributed by atoms with Crippen LogP contribution in [0.4, 0.5) is 10.5 Å². The van der Waals surface area contributed by atoms with Crippen molar-refractivity contribution in [2.45, 2.75) is 19.4 Å². The molecule has 0 atom stereocenters. The third kappa shape index (κ3) is 4.69. The minimum atomic E-state index is -0.0662. The van der Waals surface area contributed by atoms with Crippen molar-refractivity contribution in [3.05, 3.63) is 12.4 Å². The number of hydrogen-bond donors (Lipinski definition) is 1. The second-order valence-corrected chi connectivity index (χ2v) is 5.91. The van der Waals surface area contributed by atoms with Crippen LogP contribution in [0.25, 0.3) is 0 Å². The fourth-order valence-corrected chi connectivity index (χ4v) is 2.60. The van der Waals surface area contributed by atoms with Gasteiger partial charge < -0.3 is 19.9 Å². The molecule has 3 amide bonds. The lowest BCUT2D eigenvalue weighted by Gasteiger charge is -2.32. The van der Waals surface area contributed by atoms with Crippen molar-refractivity contribution in [2.24, 2.45) is 5.92 Å². The van der Waals surface area contributed by atoms with Crippen molar-refractivity contribution in [1.29, 1.82) is 0 Å². The van der Waals surface area contributed by atoms with Gasteiger partial charge in [-0.1, -0.05) is 0 Å². The number of urea groups is 1. The fourth-order valence-electron chi connectivity index (χ4n) is 2.60. The molecule has 8 nitrogen and oxygen atoms in total. The van der Waals surface area contributed by atoms with Gasteiger partial charge in [0.25, 0.3) is 0 Å². The Morgan fingerprint density at radius 1 is 1.39 bits per heavy atom. The molecule has 1 aromatic heterocycles. The van der Waals surface area contributed by atoms with Gasteiger partial charge in [0.15, 0.2) is 0 Å². The average Bonchev–Trinajstić information content (AvgIpc) is 2.99. The van der Waals surface area contributed by atoms with Crippen LogP contribution in [0.1, 0.15) is 12.8 Å². The van der Waals surface area contributed by atoms with Gasteiger partial charge in [0.05, 0.1) is 25.0 Å². The van der Waals surface area contributed by atoms with Gasteiger partial charge in [-0.25, -0.2) is 4.79 Å². The molecule has 0 radical (unpaired) electrons. The number of hydrogen-bond acceptors (Lipinski definition) is 4. The van der Waals surface area contributed by atoms with Crippen LogP contribution in [0.2, 0.25) is 0 Å². The molecule has 0 unspecified atom stereocenters. The summed E-state index contributed by atoms with van der Waals surface area (Å²) in [6, 6.07) is 0.00303. The molecule has 1 aliphatic rings. The number of rotatable bonds is 5. The second-order valence-electron chi connectivity index (χ2n) is 5.91. The van der Waals surface area contributed by atoms with Crippen LogP contribution in [0.15, 0.2) is 12.4 Å². The summed E-state index contributed by atoms with van der Waals surface area (Å²) in [6.45, 7) is 2.45. The second kappa shape index (κ2) is 7.96. The molecule has 1 N–H and O–H groups in total. The van der Waals surface area contributed by atoms with Crippen molar-refractivity contribution in [2.75, 3.05) is 46.2 Å². The molecule has 1 fully saturated rings. The zero-order valence-corrected chi connectivity index (χ0v) is 14.0. The first kappa shape index (κ1) is 17.3. The topological polar surface area (TPSA) is 79.7 Å². The normalized spacial score (nSPS) is 15.5. The van der Waals surface area contributed by atoms with Gasteiger partial charge in [-0.2, -0.15) is 5.10 Å². The van der Waals surface area contributed by atoms with E-state index >= 15 is 0 Å². The standard InChI is InChI=1S/C15H25N5O3/c1-18(2)15(22)19-6-4-12(5-7-19)14(21)17-13-10-16-20(11-13)8-9-23-3/h10-12H,4-9H2,1-3H3,(H,17,21). The third-order valence-electron chi connectivity index (χ3n) is 3.94. The molecule has 2 heterocycles. The van der Waals surface area contributed by atoms with E-state index in [9.17, 15) is 9.59 Å². The minimum Gasteiger partial charge on any atom is -0.383 e. The first-order valence-corrected chi connectivity index (χ1v) is 7.79. The predicted octanol–water partition coefficient (Wildman–Crippen LogP) is 0.862. The number of nitrogens with one attached hydrogen (secondary N) is 1. The zero-order chi connectivity index (χ0) is 16.8. The van der Waals surface area contributed by atoms with Crippen LogP contribution in [0.3, 0.4) is 0 Å². The Kier molecular flexibility index (Phi) is 5.97. The van der Waals surface area contributed by atoms with Gasteiger partial charge in [0.1, 0.15) is 0 Å². The molecule has 0 aliphatic carbocycles. The van der Waals surface area contributed by atoms with Crippen molar-refractivity contribution < 1.29 is 14.3 Å². The molecule has 0 aromatic carbocycles. The van der Waals surface area contributed by atoms with Gasteiger partial charge in [0.2, 0.25) is 5.91 Å². The highest BCUT2D eigenvalue weighted by Gasteiger charge is 2.28. The van der Waals surface area contributed by atoms with Crippen molar-refractivity contribution in [3.8, 4) is 0 Å². The highest BCUT2D eigenvalue weighted by atomic mass is 16.5. The van der Waals surface area contributed by atoms with Crippen molar-refractivity contribution in [1.82, 2.24) is 19.6 Å². The maximum absolute atomic E-state index is 12.3. The van der Waals surface area contributed by atoms with E-state index in [2.05, 4.69) is 10.4 Å². The van der Waals surface area contributed by atoms with E-state index < -0.39 is 0 Å². The quantitative estimate of drug-likeness (QED) is 0.872. The molecule has 1 aliphatic heterocycles. The van der Waals surface area contributed by atoms with Gasteiger partial charge in [-0.15, -0.1) is 0 Å². The Morgan fingerprint density at radius 2 is 2.09 bits per heavy atom. The van der Waals surface area contributed by atoms with Crippen LogP contribution in [-0.4, -0.2) is 72.4 Å². The molecular weight excluding hydrogens is 298 g/mol. The summed E-state index contributed by atoms with van der Waals surface area (Å²) in [5.41, 5.74) is 0.693. The first-order valence-electron chi connectivity index (χ1n) is 7.79. The maximum atomic E-state index is 12.3. The Morgan fingerprint density at radius 3 is 2.70 bits per heavy atom. The number of piperidine rings is 1. The molecular formula is C15H25N5O3.